The second-order valence-corrected chi connectivity index (χ2v) is 18.2. The fraction of sp³-hybridized carbons (Fsp3) is 0.0323. The van der Waals surface area contributed by atoms with Crippen molar-refractivity contribution in [3.05, 3.63) is 252 Å². The van der Waals surface area contributed by atoms with E-state index in [0.29, 0.717) is 0 Å². The maximum absolute atomic E-state index is 6.85. The Morgan fingerprint density at radius 2 is 1.11 bits per heavy atom. The van der Waals surface area contributed by atoms with Crippen LogP contribution in [0.15, 0.2) is 223 Å². The Hall–Kier alpha value is -7.98. The number of thiophene rings is 1. The van der Waals surface area contributed by atoms with Crippen LogP contribution in [0.4, 0.5) is 11.4 Å². The summed E-state index contributed by atoms with van der Waals surface area (Å²) >= 11 is 1.91. The molecular formula is C62H41NOS. The van der Waals surface area contributed by atoms with Gasteiger partial charge in [-0.2, -0.15) is 0 Å². The first-order valence-electron chi connectivity index (χ1n) is 22.3. The molecule has 9 aromatic carbocycles. The van der Waals surface area contributed by atoms with Gasteiger partial charge in [-0.25, -0.2) is 0 Å². The van der Waals surface area contributed by atoms with E-state index in [0.717, 1.165) is 44.2 Å². The fourth-order valence-corrected chi connectivity index (χ4v) is 12.4. The number of nitrogens with zero attached hydrogens (tertiary/aromatic N) is 1. The van der Waals surface area contributed by atoms with Crippen LogP contribution in [0.3, 0.4) is 0 Å². The minimum atomic E-state index is -0.658. The normalized spacial score (nSPS) is 15.3. The number of rotatable bonds is 5. The minimum Gasteiger partial charge on any atom is -0.454 e. The fourth-order valence-electron chi connectivity index (χ4n) is 11.2. The molecule has 1 atom stereocenters. The molecule has 0 amide bonds. The molecule has 1 spiro atoms. The van der Waals surface area contributed by atoms with Gasteiger partial charge >= 0.3 is 0 Å². The van der Waals surface area contributed by atoms with Gasteiger partial charge in [0.15, 0.2) is 5.42 Å². The molecule has 13 rings (SSSR count). The van der Waals surface area contributed by atoms with Crippen LogP contribution in [-0.4, -0.2) is 0 Å². The van der Waals surface area contributed by atoms with E-state index < -0.39 is 5.41 Å². The quantitative estimate of drug-likeness (QED) is 0.172. The van der Waals surface area contributed by atoms with Crippen molar-refractivity contribution in [1.29, 1.82) is 0 Å². The Morgan fingerprint density at radius 1 is 0.508 bits per heavy atom. The van der Waals surface area contributed by atoms with Crippen molar-refractivity contribution in [2.24, 2.45) is 0 Å². The molecule has 0 saturated carbocycles. The maximum Gasteiger partial charge on any atom is 0.154 e. The topological polar surface area (TPSA) is 16.4 Å². The van der Waals surface area contributed by atoms with Gasteiger partial charge in [-0.3, -0.25) is 0 Å². The van der Waals surface area contributed by atoms with Crippen molar-refractivity contribution in [2.75, 3.05) is 4.90 Å². The highest BCUT2D eigenvalue weighted by atomic mass is 32.1. The van der Waals surface area contributed by atoms with Crippen LogP contribution in [0.1, 0.15) is 29.2 Å². The zero-order valence-electron chi connectivity index (χ0n) is 35.8. The lowest BCUT2D eigenvalue weighted by Crippen LogP contribution is -2.31. The van der Waals surface area contributed by atoms with Crippen LogP contribution >= 0.6 is 11.3 Å². The van der Waals surface area contributed by atoms with Gasteiger partial charge in [0.05, 0.1) is 11.1 Å². The molecule has 2 aliphatic rings. The Kier molecular flexibility index (Phi) is 8.40. The van der Waals surface area contributed by atoms with Crippen molar-refractivity contribution in [3.8, 4) is 44.5 Å². The van der Waals surface area contributed by atoms with E-state index in [1.807, 2.05) is 23.5 Å². The molecule has 0 bridgehead atoms. The Bertz CT molecular complexity index is 3870. The van der Waals surface area contributed by atoms with Crippen molar-refractivity contribution >= 4 is 65.6 Å². The molecule has 0 aliphatic heterocycles. The summed E-state index contributed by atoms with van der Waals surface area (Å²) < 4.78 is 9.50. The molecule has 0 radical (unpaired) electrons. The molecule has 2 aromatic heterocycles. The van der Waals surface area contributed by atoms with Gasteiger partial charge in [0, 0.05) is 47.7 Å². The number of allylic oxidation sites excluding steroid dienone is 1. The van der Waals surface area contributed by atoms with Crippen molar-refractivity contribution in [1.82, 2.24) is 0 Å². The average molecular weight is 848 g/mol. The molecule has 65 heavy (non-hydrogen) atoms. The highest BCUT2D eigenvalue weighted by Gasteiger charge is 2.50. The van der Waals surface area contributed by atoms with E-state index in [1.54, 1.807) is 0 Å². The highest BCUT2D eigenvalue weighted by molar-refractivity contribution is 7.26. The second kappa shape index (κ2) is 14.5. The van der Waals surface area contributed by atoms with E-state index in [-0.39, 0.29) is 0 Å². The first-order valence-corrected chi connectivity index (χ1v) is 23.1. The summed E-state index contributed by atoms with van der Waals surface area (Å²) in [4.78, 5) is 2.39. The predicted molar refractivity (Wildman–Crippen MR) is 274 cm³/mol. The van der Waals surface area contributed by atoms with Crippen LogP contribution in [0.5, 0.6) is 0 Å². The predicted octanol–water partition coefficient (Wildman–Crippen LogP) is 15.4. The molecule has 1 unspecified atom stereocenters. The smallest absolute Gasteiger partial charge is 0.154 e. The number of hydrogen-bond acceptors (Lipinski definition) is 3. The second-order valence-electron chi connectivity index (χ2n) is 17.2. The van der Waals surface area contributed by atoms with Crippen LogP contribution in [0, 0.1) is 0 Å². The molecule has 11 aromatic rings. The summed E-state index contributed by atoms with van der Waals surface area (Å²) in [5, 5.41) is 4.69. The zero-order chi connectivity index (χ0) is 43.2. The maximum atomic E-state index is 6.85. The Morgan fingerprint density at radius 3 is 1.88 bits per heavy atom. The number of fused-ring (bicyclic) bond motifs is 17. The molecule has 0 fully saturated rings. The summed E-state index contributed by atoms with van der Waals surface area (Å²) in [6.07, 6.45) is 3.93. The van der Waals surface area contributed by atoms with Crippen LogP contribution in [0.2, 0.25) is 0 Å². The Labute approximate surface area is 381 Å². The molecule has 2 heterocycles. The van der Waals surface area contributed by atoms with Crippen LogP contribution < -0.4 is 15.5 Å². The lowest BCUT2D eigenvalue weighted by molar-refractivity contribution is 0.570. The van der Waals surface area contributed by atoms with Crippen molar-refractivity contribution < 1.29 is 4.42 Å². The molecular weight excluding hydrogens is 807 g/mol. The summed E-state index contributed by atoms with van der Waals surface area (Å²) in [6, 6.07) is 76.1. The van der Waals surface area contributed by atoms with Gasteiger partial charge in [0.2, 0.25) is 0 Å². The van der Waals surface area contributed by atoms with E-state index in [4.69, 9.17) is 4.42 Å². The van der Waals surface area contributed by atoms with Crippen molar-refractivity contribution in [3.63, 3.8) is 0 Å². The van der Waals surface area contributed by atoms with E-state index in [1.165, 1.54) is 81.4 Å². The van der Waals surface area contributed by atoms with Crippen molar-refractivity contribution in [2.45, 2.75) is 12.3 Å². The molecule has 0 N–H and O–H groups in total. The third-order valence-electron chi connectivity index (χ3n) is 13.9. The number of anilines is 2. The van der Waals surface area contributed by atoms with Crippen LogP contribution in [-0.2, 0) is 5.41 Å². The van der Waals surface area contributed by atoms with Gasteiger partial charge in [0.1, 0.15) is 5.58 Å². The molecule has 2 aliphatic carbocycles. The third kappa shape index (κ3) is 5.40. The summed E-state index contributed by atoms with van der Waals surface area (Å²) in [7, 11) is 0. The van der Waals surface area contributed by atoms with E-state index >= 15 is 0 Å². The summed E-state index contributed by atoms with van der Waals surface area (Å²) in [6.45, 7) is 6.31. The standard InChI is InChI=1S/C62H41NOS/c1-3-17-50-48-23-11-15-28-57(48)64-60(50)39(2)63(42-32-30-41(31-33-42)40-18-5-4-6-19-40)43-34-35-47-45-21-8-7-20-44(45)46-22-9-13-26-53(46)62(56(47)38-43)54-27-14-10-25-52(54)59-55(62)37-36-51-49-24-12-16-29-58(49)65-61(51)59/h3-38H,1H2,2H3/b50-17-,60-39-. The lowest BCUT2D eigenvalue weighted by atomic mass is 9.65. The third-order valence-corrected chi connectivity index (χ3v) is 15.1. The zero-order valence-corrected chi connectivity index (χ0v) is 36.6. The summed E-state index contributed by atoms with van der Waals surface area (Å²) in [5.74, 6) is 0. The molecule has 0 saturated heterocycles. The molecule has 3 heteroatoms. The van der Waals surface area contributed by atoms with E-state index in [2.05, 4.69) is 225 Å². The van der Waals surface area contributed by atoms with E-state index in [9.17, 15) is 0 Å². The number of furan rings is 1. The summed E-state index contributed by atoms with van der Waals surface area (Å²) in [5.41, 5.74) is 19.1. The van der Waals surface area contributed by atoms with Gasteiger partial charge in [0.25, 0.3) is 0 Å². The van der Waals surface area contributed by atoms with Crippen LogP contribution in [0.25, 0.3) is 87.4 Å². The van der Waals surface area contributed by atoms with Gasteiger partial charge < -0.3 is 9.32 Å². The molecule has 306 valence electrons. The number of para-hydroxylation sites is 1. The first-order chi connectivity index (χ1) is 32.1. The first kappa shape index (κ1) is 37.6. The minimum absolute atomic E-state index is 0.658. The average Bonchev–Trinajstić information content (AvgIpc) is 4.01. The molecule has 2 nitrogen and oxygen atoms in total. The SMILES string of the molecule is C=C/C=c1\c(=C(/C)N(c2ccc(-c3ccccc3)cc2)c2ccc3c(c2)C2(c4ccccc4-c4ccccc4-3)c3ccccc3-c3c2ccc2c3sc3ccccc32)oc2ccccc12. The Balaban J connectivity index is 1.16. The monoisotopic (exact) mass is 847 g/mol. The number of benzene rings is 9. The van der Waals surface area contributed by atoms with Gasteiger partial charge in [-0.1, -0.05) is 189 Å². The largest absolute Gasteiger partial charge is 0.454 e. The van der Waals surface area contributed by atoms with Gasteiger partial charge in [-0.05, 0) is 105 Å². The van der Waals surface area contributed by atoms with Gasteiger partial charge in [-0.15, -0.1) is 11.3 Å². The lowest BCUT2D eigenvalue weighted by Gasteiger charge is -2.36. The highest BCUT2D eigenvalue weighted by Crippen LogP contribution is 2.63. The number of hydrogen-bond donors (Lipinski definition) is 0.